The largest absolute Gasteiger partial charge is 0.497 e. The summed E-state index contributed by atoms with van der Waals surface area (Å²) >= 11 is 0. The molecule has 1 N–H and O–H groups in total. The maximum absolute atomic E-state index is 10.8. The molecule has 4 nitrogen and oxygen atoms in total. The molecule has 1 rings (SSSR count). The first kappa shape index (κ1) is 13.4. The molecule has 0 aliphatic rings. The lowest BCUT2D eigenvalue weighted by atomic mass is 9.81. The summed E-state index contributed by atoms with van der Waals surface area (Å²) in [5.74, 6) is 0.507. The van der Waals surface area contributed by atoms with Gasteiger partial charge in [-0.05, 0) is 17.7 Å². The Morgan fingerprint density at radius 2 is 1.65 bits per heavy atom. The van der Waals surface area contributed by atoms with Crippen LogP contribution >= 0.6 is 0 Å². The number of hydrogen-bond donors (Lipinski definition) is 1. The third-order valence-electron chi connectivity index (χ3n) is 2.73. The van der Waals surface area contributed by atoms with Crippen LogP contribution in [0.5, 0.6) is 11.5 Å². The first-order valence-corrected chi connectivity index (χ1v) is 5.34. The lowest BCUT2D eigenvalue weighted by Gasteiger charge is -2.24. The fourth-order valence-electron chi connectivity index (χ4n) is 1.68. The Hall–Kier alpha value is -1.71. The van der Waals surface area contributed by atoms with E-state index in [1.165, 1.54) is 0 Å². The molecule has 0 heterocycles. The van der Waals surface area contributed by atoms with E-state index in [2.05, 4.69) is 0 Å². The van der Waals surface area contributed by atoms with E-state index in [-0.39, 0.29) is 6.42 Å². The van der Waals surface area contributed by atoms with E-state index >= 15 is 0 Å². The molecule has 0 radical (unpaired) electrons. The number of methoxy groups -OCH3 is 2. The van der Waals surface area contributed by atoms with Crippen molar-refractivity contribution in [3.05, 3.63) is 23.8 Å². The lowest BCUT2D eigenvalue weighted by molar-refractivity contribution is -0.138. The summed E-state index contributed by atoms with van der Waals surface area (Å²) in [7, 11) is 3.14. The molecule has 1 aromatic carbocycles. The third kappa shape index (κ3) is 3.37. The van der Waals surface area contributed by atoms with Crippen LogP contribution in [0.2, 0.25) is 0 Å². The summed E-state index contributed by atoms with van der Waals surface area (Å²) in [6.45, 7) is 3.77. The van der Waals surface area contributed by atoms with Crippen molar-refractivity contribution in [2.75, 3.05) is 14.2 Å². The highest BCUT2D eigenvalue weighted by atomic mass is 16.5. The quantitative estimate of drug-likeness (QED) is 0.856. The number of carboxylic acids is 1. The second-order valence-electron chi connectivity index (χ2n) is 4.56. The van der Waals surface area contributed by atoms with Crippen LogP contribution in [0, 0.1) is 0 Å². The minimum Gasteiger partial charge on any atom is -0.497 e. The number of carbonyl (C=O) groups is 1. The lowest BCUT2D eigenvalue weighted by Crippen LogP contribution is -2.21. The first-order valence-electron chi connectivity index (χ1n) is 5.34. The van der Waals surface area contributed by atoms with Gasteiger partial charge in [-0.25, -0.2) is 0 Å². The van der Waals surface area contributed by atoms with Gasteiger partial charge in [0.25, 0.3) is 0 Å². The van der Waals surface area contributed by atoms with Crippen molar-refractivity contribution in [1.82, 2.24) is 0 Å². The van der Waals surface area contributed by atoms with Crippen LogP contribution in [0.3, 0.4) is 0 Å². The van der Waals surface area contributed by atoms with Crippen molar-refractivity contribution < 1.29 is 19.4 Å². The molecule has 0 unspecified atom stereocenters. The highest BCUT2D eigenvalue weighted by Gasteiger charge is 2.25. The summed E-state index contributed by atoms with van der Waals surface area (Å²) in [4.78, 5) is 10.8. The van der Waals surface area contributed by atoms with E-state index in [0.717, 1.165) is 5.56 Å². The van der Waals surface area contributed by atoms with Crippen LogP contribution in [-0.2, 0) is 10.2 Å². The van der Waals surface area contributed by atoms with Crippen molar-refractivity contribution in [3.63, 3.8) is 0 Å². The second kappa shape index (κ2) is 5.08. The monoisotopic (exact) mass is 238 g/mol. The molecule has 4 heteroatoms. The topological polar surface area (TPSA) is 55.8 Å². The predicted octanol–water partition coefficient (Wildman–Crippen LogP) is 2.46. The van der Waals surface area contributed by atoms with Crippen LogP contribution in [0.1, 0.15) is 25.8 Å². The molecule has 0 saturated heterocycles. The standard InChI is InChI=1S/C13H18O4/c1-13(2,8-12(14)15)9-5-10(16-3)7-11(6-9)17-4/h5-7H,8H2,1-4H3,(H,14,15). The predicted molar refractivity (Wildman–Crippen MR) is 64.8 cm³/mol. The highest BCUT2D eigenvalue weighted by Crippen LogP contribution is 2.33. The fraction of sp³-hybridized carbons (Fsp3) is 0.462. The van der Waals surface area contributed by atoms with Crippen molar-refractivity contribution in [2.24, 2.45) is 0 Å². The number of rotatable bonds is 5. The Balaban J connectivity index is 3.15. The van der Waals surface area contributed by atoms with Gasteiger partial charge in [0.05, 0.1) is 20.6 Å². The van der Waals surface area contributed by atoms with Crippen LogP contribution in [0.25, 0.3) is 0 Å². The molecular weight excluding hydrogens is 220 g/mol. The number of ether oxygens (including phenoxy) is 2. The van der Waals surface area contributed by atoms with E-state index in [4.69, 9.17) is 14.6 Å². The fourth-order valence-corrected chi connectivity index (χ4v) is 1.68. The molecule has 0 fully saturated rings. The van der Waals surface area contributed by atoms with Gasteiger partial charge >= 0.3 is 5.97 Å². The van der Waals surface area contributed by atoms with Gasteiger partial charge in [-0.15, -0.1) is 0 Å². The molecular formula is C13H18O4. The molecule has 0 atom stereocenters. The van der Waals surface area contributed by atoms with Crippen LogP contribution in [0.4, 0.5) is 0 Å². The highest BCUT2D eigenvalue weighted by molar-refractivity contribution is 5.69. The minimum absolute atomic E-state index is 0.0589. The summed E-state index contributed by atoms with van der Waals surface area (Å²) in [5.41, 5.74) is 0.421. The molecule has 0 aliphatic heterocycles. The van der Waals surface area contributed by atoms with Gasteiger partial charge in [-0.3, -0.25) is 4.79 Å². The Labute approximate surface area is 101 Å². The Kier molecular flexibility index (Phi) is 3.99. The summed E-state index contributed by atoms with van der Waals surface area (Å²) < 4.78 is 10.3. The number of benzene rings is 1. The molecule has 0 aromatic heterocycles. The molecule has 94 valence electrons. The number of aliphatic carboxylic acids is 1. The van der Waals surface area contributed by atoms with Gasteiger partial charge in [-0.1, -0.05) is 13.8 Å². The Morgan fingerprint density at radius 1 is 1.18 bits per heavy atom. The Morgan fingerprint density at radius 3 is 2.00 bits per heavy atom. The van der Waals surface area contributed by atoms with E-state index in [0.29, 0.717) is 11.5 Å². The van der Waals surface area contributed by atoms with Crippen molar-refractivity contribution in [1.29, 1.82) is 0 Å². The summed E-state index contributed by atoms with van der Waals surface area (Å²) in [5, 5.41) is 8.90. The molecule has 0 saturated carbocycles. The van der Waals surface area contributed by atoms with Gasteiger partial charge in [0, 0.05) is 11.5 Å². The van der Waals surface area contributed by atoms with Crippen molar-refractivity contribution >= 4 is 5.97 Å². The SMILES string of the molecule is COc1cc(OC)cc(C(C)(C)CC(=O)O)c1. The molecule has 0 amide bonds. The zero-order valence-corrected chi connectivity index (χ0v) is 10.6. The zero-order valence-electron chi connectivity index (χ0n) is 10.6. The zero-order chi connectivity index (χ0) is 13.1. The van der Waals surface area contributed by atoms with Crippen LogP contribution in [-0.4, -0.2) is 25.3 Å². The van der Waals surface area contributed by atoms with E-state index in [1.807, 2.05) is 26.0 Å². The van der Waals surface area contributed by atoms with Gasteiger partial charge in [-0.2, -0.15) is 0 Å². The normalized spacial score (nSPS) is 11.1. The smallest absolute Gasteiger partial charge is 0.304 e. The van der Waals surface area contributed by atoms with Crippen molar-refractivity contribution in [3.8, 4) is 11.5 Å². The van der Waals surface area contributed by atoms with Crippen molar-refractivity contribution in [2.45, 2.75) is 25.7 Å². The van der Waals surface area contributed by atoms with Crippen LogP contribution < -0.4 is 9.47 Å². The summed E-state index contributed by atoms with van der Waals surface area (Å²) in [6, 6.07) is 5.44. The van der Waals surface area contributed by atoms with E-state index in [1.54, 1.807) is 20.3 Å². The summed E-state index contributed by atoms with van der Waals surface area (Å²) in [6.07, 6.45) is 0.0589. The maximum Gasteiger partial charge on any atom is 0.304 e. The Bertz CT molecular complexity index is 388. The molecule has 1 aromatic rings. The molecule has 0 spiro atoms. The van der Waals surface area contributed by atoms with E-state index in [9.17, 15) is 4.79 Å². The molecule has 0 aliphatic carbocycles. The second-order valence-corrected chi connectivity index (χ2v) is 4.56. The number of hydrogen-bond acceptors (Lipinski definition) is 3. The van der Waals surface area contributed by atoms with Gasteiger partial charge in [0.1, 0.15) is 11.5 Å². The average Bonchev–Trinajstić information content (AvgIpc) is 2.26. The van der Waals surface area contributed by atoms with Gasteiger partial charge < -0.3 is 14.6 Å². The minimum atomic E-state index is -0.822. The molecule has 17 heavy (non-hydrogen) atoms. The third-order valence-corrected chi connectivity index (χ3v) is 2.73. The average molecular weight is 238 g/mol. The van der Waals surface area contributed by atoms with Gasteiger partial charge in [0.2, 0.25) is 0 Å². The maximum atomic E-state index is 10.8. The number of carboxylic acid groups (broad SMARTS) is 1. The van der Waals surface area contributed by atoms with E-state index < -0.39 is 11.4 Å². The first-order chi connectivity index (χ1) is 7.89. The molecule has 0 bridgehead atoms. The van der Waals surface area contributed by atoms with Gasteiger partial charge in [0.15, 0.2) is 0 Å². The van der Waals surface area contributed by atoms with Crippen LogP contribution in [0.15, 0.2) is 18.2 Å².